The van der Waals surface area contributed by atoms with Crippen molar-refractivity contribution in [2.75, 3.05) is 18.0 Å². The molecule has 1 aliphatic rings. The van der Waals surface area contributed by atoms with Crippen molar-refractivity contribution in [3.8, 4) is 0 Å². The van der Waals surface area contributed by atoms with Crippen LogP contribution in [0.1, 0.15) is 44.8 Å². The molecule has 0 saturated carbocycles. The molecule has 1 aromatic carbocycles. The zero-order valence-electron chi connectivity index (χ0n) is 11.3. The Kier molecular flexibility index (Phi) is 3.93. The van der Waals surface area contributed by atoms with E-state index in [1.54, 1.807) is 0 Å². The summed E-state index contributed by atoms with van der Waals surface area (Å²) in [5.41, 5.74) is 1.58. The molecule has 1 aromatic rings. The lowest BCUT2D eigenvalue weighted by Crippen LogP contribution is -2.42. The molecule has 1 aliphatic heterocycles. The first-order valence-electron chi connectivity index (χ1n) is 6.78. The summed E-state index contributed by atoms with van der Waals surface area (Å²) >= 11 is 0. The standard InChI is InChI=1S/C15H23NO2/c1-3-14(17)12-6-4-5-7-13(12)16-10-8-15(2,18)9-11-16/h4-7,14,17-18H,3,8-11H2,1-2H3. The van der Waals surface area contributed by atoms with Crippen molar-refractivity contribution in [3.05, 3.63) is 29.8 Å². The van der Waals surface area contributed by atoms with Crippen LogP contribution in [-0.4, -0.2) is 28.9 Å². The highest BCUT2D eigenvalue weighted by Gasteiger charge is 2.28. The molecule has 2 N–H and O–H groups in total. The van der Waals surface area contributed by atoms with Crippen LogP contribution in [0.3, 0.4) is 0 Å². The number of nitrogens with zero attached hydrogens (tertiary/aromatic N) is 1. The Morgan fingerprint density at radius 3 is 2.50 bits per heavy atom. The molecule has 0 aromatic heterocycles. The number of hydrogen-bond donors (Lipinski definition) is 2. The maximum Gasteiger partial charge on any atom is 0.0807 e. The molecule has 3 heteroatoms. The van der Waals surface area contributed by atoms with E-state index in [9.17, 15) is 10.2 Å². The Morgan fingerprint density at radius 1 is 1.28 bits per heavy atom. The summed E-state index contributed by atoms with van der Waals surface area (Å²) in [5, 5.41) is 20.1. The summed E-state index contributed by atoms with van der Waals surface area (Å²) in [7, 11) is 0. The Hall–Kier alpha value is -1.06. The van der Waals surface area contributed by atoms with E-state index in [1.807, 2.05) is 32.0 Å². The normalized spacial score (nSPS) is 20.8. The van der Waals surface area contributed by atoms with E-state index in [0.717, 1.165) is 43.6 Å². The molecule has 0 amide bonds. The van der Waals surface area contributed by atoms with Crippen LogP contribution < -0.4 is 4.90 Å². The molecule has 1 atom stereocenters. The first-order valence-corrected chi connectivity index (χ1v) is 6.78. The third kappa shape index (κ3) is 2.85. The van der Waals surface area contributed by atoms with Crippen LogP contribution in [0.5, 0.6) is 0 Å². The van der Waals surface area contributed by atoms with Gasteiger partial charge in [-0.05, 0) is 32.3 Å². The van der Waals surface area contributed by atoms with Gasteiger partial charge in [-0.3, -0.25) is 0 Å². The van der Waals surface area contributed by atoms with Crippen LogP contribution in [0, 0.1) is 0 Å². The third-order valence-electron chi connectivity index (χ3n) is 3.86. The van der Waals surface area contributed by atoms with Gasteiger partial charge < -0.3 is 15.1 Å². The van der Waals surface area contributed by atoms with Crippen molar-refractivity contribution >= 4 is 5.69 Å². The molecule has 0 aliphatic carbocycles. The number of benzene rings is 1. The van der Waals surface area contributed by atoms with E-state index < -0.39 is 11.7 Å². The highest BCUT2D eigenvalue weighted by atomic mass is 16.3. The zero-order valence-corrected chi connectivity index (χ0v) is 11.3. The lowest BCUT2D eigenvalue weighted by atomic mass is 9.92. The van der Waals surface area contributed by atoms with Gasteiger partial charge in [-0.1, -0.05) is 25.1 Å². The number of aliphatic hydroxyl groups excluding tert-OH is 1. The SMILES string of the molecule is CCC(O)c1ccccc1N1CCC(C)(O)CC1. The van der Waals surface area contributed by atoms with Crippen LogP contribution in [0.4, 0.5) is 5.69 Å². The van der Waals surface area contributed by atoms with Gasteiger partial charge in [0.1, 0.15) is 0 Å². The first-order chi connectivity index (χ1) is 8.53. The number of piperidine rings is 1. The van der Waals surface area contributed by atoms with Gasteiger partial charge in [-0.15, -0.1) is 0 Å². The lowest BCUT2D eigenvalue weighted by Gasteiger charge is -2.38. The summed E-state index contributed by atoms with van der Waals surface area (Å²) in [4.78, 5) is 2.27. The molecule has 1 unspecified atom stereocenters. The smallest absolute Gasteiger partial charge is 0.0807 e. The predicted octanol–water partition coefficient (Wildman–Crippen LogP) is 2.48. The van der Waals surface area contributed by atoms with Gasteiger partial charge in [0.05, 0.1) is 11.7 Å². The molecule has 2 rings (SSSR count). The fraction of sp³-hybridized carbons (Fsp3) is 0.600. The topological polar surface area (TPSA) is 43.7 Å². The molecule has 3 nitrogen and oxygen atoms in total. The van der Waals surface area contributed by atoms with Crippen molar-refractivity contribution in [2.45, 2.75) is 44.8 Å². The van der Waals surface area contributed by atoms with E-state index in [2.05, 4.69) is 11.0 Å². The van der Waals surface area contributed by atoms with Gasteiger partial charge in [0.2, 0.25) is 0 Å². The molecule has 1 heterocycles. The van der Waals surface area contributed by atoms with E-state index in [0.29, 0.717) is 0 Å². The summed E-state index contributed by atoms with van der Waals surface area (Å²) in [6.45, 7) is 5.58. The molecule has 100 valence electrons. The number of hydrogen-bond acceptors (Lipinski definition) is 3. The fourth-order valence-corrected chi connectivity index (χ4v) is 2.51. The minimum Gasteiger partial charge on any atom is -0.390 e. The molecular weight excluding hydrogens is 226 g/mol. The van der Waals surface area contributed by atoms with Gasteiger partial charge in [0.15, 0.2) is 0 Å². The van der Waals surface area contributed by atoms with Crippen LogP contribution in [0.25, 0.3) is 0 Å². The zero-order chi connectivity index (χ0) is 13.2. The molecule has 0 spiro atoms. The third-order valence-corrected chi connectivity index (χ3v) is 3.86. The number of rotatable bonds is 3. The largest absolute Gasteiger partial charge is 0.390 e. The highest BCUT2D eigenvalue weighted by Crippen LogP contribution is 2.32. The Labute approximate surface area is 109 Å². The second-order valence-corrected chi connectivity index (χ2v) is 5.47. The Bertz CT molecular complexity index is 393. The molecule has 18 heavy (non-hydrogen) atoms. The highest BCUT2D eigenvalue weighted by molar-refractivity contribution is 5.55. The maximum absolute atomic E-state index is 10.1. The van der Waals surface area contributed by atoms with Crippen molar-refractivity contribution in [1.82, 2.24) is 0 Å². The Morgan fingerprint density at radius 2 is 1.89 bits per heavy atom. The van der Waals surface area contributed by atoms with Gasteiger partial charge in [0, 0.05) is 24.3 Å². The summed E-state index contributed by atoms with van der Waals surface area (Å²) < 4.78 is 0. The molecule has 1 fully saturated rings. The van der Waals surface area contributed by atoms with Crippen LogP contribution in [0.2, 0.25) is 0 Å². The van der Waals surface area contributed by atoms with E-state index in [1.165, 1.54) is 0 Å². The fourth-order valence-electron chi connectivity index (χ4n) is 2.51. The van der Waals surface area contributed by atoms with E-state index in [-0.39, 0.29) is 0 Å². The van der Waals surface area contributed by atoms with Crippen LogP contribution >= 0.6 is 0 Å². The van der Waals surface area contributed by atoms with Crippen LogP contribution in [-0.2, 0) is 0 Å². The van der Waals surface area contributed by atoms with Crippen molar-refractivity contribution in [3.63, 3.8) is 0 Å². The summed E-state index contributed by atoms with van der Waals surface area (Å²) in [6, 6.07) is 8.04. The number of para-hydroxylation sites is 1. The average molecular weight is 249 g/mol. The lowest BCUT2D eigenvalue weighted by molar-refractivity contribution is 0.0350. The molecule has 1 saturated heterocycles. The van der Waals surface area contributed by atoms with Crippen LogP contribution in [0.15, 0.2) is 24.3 Å². The van der Waals surface area contributed by atoms with Gasteiger partial charge in [-0.25, -0.2) is 0 Å². The molecule has 0 radical (unpaired) electrons. The van der Waals surface area contributed by atoms with E-state index in [4.69, 9.17) is 0 Å². The van der Waals surface area contributed by atoms with Crippen molar-refractivity contribution < 1.29 is 10.2 Å². The quantitative estimate of drug-likeness (QED) is 0.865. The minimum absolute atomic E-state index is 0.399. The van der Waals surface area contributed by atoms with E-state index >= 15 is 0 Å². The first kappa shape index (κ1) is 13.4. The van der Waals surface area contributed by atoms with Gasteiger partial charge in [0.25, 0.3) is 0 Å². The second-order valence-electron chi connectivity index (χ2n) is 5.47. The summed E-state index contributed by atoms with van der Waals surface area (Å²) in [6.07, 6.45) is 1.89. The molecule has 0 bridgehead atoms. The number of aliphatic hydroxyl groups is 2. The molecular formula is C15H23NO2. The van der Waals surface area contributed by atoms with Crippen molar-refractivity contribution in [1.29, 1.82) is 0 Å². The predicted molar refractivity (Wildman–Crippen MR) is 73.8 cm³/mol. The monoisotopic (exact) mass is 249 g/mol. The minimum atomic E-state index is -0.533. The average Bonchev–Trinajstić information content (AvgIpc) is 2.38. The maximum atomic E-state index is 10.1. The van der Waals surface area contributed by atoms with Crippen molar-refractivity contribution in [2.24, 2.45) is 0 Å². The summed E-state index contributed by atoms with van der Waals surface area (Å²) in [5.74, 6) is 0. The second kappa shape index (κ2) is 5.29. The Balaban J connectivity index is 2.19. The van der Waals surface area contributed by atoms with Gasteiger partial charge >= 0.3 is 0 Å². The van der Waals surface area contributed by atoms with Gasteiger partial charge in [-0.2, -0.15) is 0 Å². The number of anilines is 1.